The zero-order valence-electron chi connectivity index (χ0n) is 8.99. The minimum absolute atomic E-state index is 0.457. The average molecular weight is 272 g/mol. The summed E-state index contributed by atoms with van der Waals surface area (Å²) in [7, 11) is 0. The van der Waals surface area contributed by atoms with Crippen molar-refractivity contribution in [2.75, 3.05) is 25.0 Å². The van der Waals surface area contributed by atoms with Gasteiger partial charge in [-0.3, -0.25) is 14.7 Å². The maximum Gasteiger partial charge on any atom is 0.215 e. The third-order valence-electron chi connectivity index (χ3n) is 2.48. The summed E-state index contributed by atoms with van der Waals surface area (Å²) in [6.07, 6.45) is 0.785. The van der Waals surface area contributed by atoms with Crippen LogP contribution in [-0.4, -0.2) is 36.8 Å². The molecular formula is C11H11Cl2N3O. The van der Waals surface area contributed by atoms with Crippen LogP contribution in [0, 0.1) is 0 Å². The molecule has 0 unspecified atom stereocenters. The van der Waals surface area contributed by atoms with E-state index in [2.05, 4.69) is 10.3 Å². The molecule has 0 bridgehead atoms. The van der Waals surface area contributed by atoms with Crippen LogP contribution in [0.3, 0.4) is 0 Å². The fourth-order valence-corrected chi connectivity index (χ4v) is 1.96. The summed E-state index contributed by atoms with van der Waals surface area (Å²) >= 11 is 11.9. The Bertz CT molecular complexity index is 462. The molecule has 17 heavy (non-hydrogen) atoms. The molecule has 1 heterocycles. The molecule has 0 radical (unpaired) electrons. The van der Waals surface area contributed by atoms with Gasteiger partial charge in [-0.1, -0.05) is 29.3 Å². The molecule has 1 aliphatic heterocycles. The van der Waals surface area contributed by atoms with Gasteiger partial charge in [-0.05, 0) is 12.1 Å². The van der Waals surface area contributed by atoms with Crippen LogP contribution in [0.25, 0.3) is 0 Å². The number of carbonyl (C=O) groups excluding carboxylic acids is 1. The van der Waals surface area contributed by atoms with Crippen LogP contribution in [0.4, 0.5) is 5.69 Å². The molecule has 0 atom stereocenters. The number of nitrogens with zero attached hydrogens (tertiary/aromatic N) is 2. The van der Waals surface area contributed by atoms with E-state index >= 15 is 0 Å². The second-order valence-corrected chi connectivity index (χ2v) is 4.34. The van der Waals surface area contributed by atoms with Crippen molar-refractivity contribution in [1.82, 2.24) is 4.90 Å². The lowest BCUT2D eigenvalue weighted by atomic mass is 10.3. The van der Waals surface area contributed by atoms with Gasteiger partial charge in [-0.2, -0.15) is 0 Å². The fraction of sp³-hybridized carbons (Fsp3) is 0.273. The highest BCUT2D eigenvalue weighted by Gasteiger charge is 2.15. The van der Waals surface area contributed by atoms with Gasteiger partial charge in [0.1, 0.15) is 5.84 Å². The first-order valence-corrected chi connectivity index (χ1v) is 5.91. The van der Waals surface area contributed by atoms with Crippen LogP contribution < -0.4 is 5.32 Å². The van der Waals surface area contributed by atoms with E-state index in [9.17, 15) is 4.79 Å². The number of nitrogens with one attached hydrogen (secondary N) is 1. The van der Waals surface area contributed by atoms with E-state index in [-0.39, 0.29) is 0 Å². The standard InChI is InChI=1S/C11H11Cl2N3O/c12-8-2-1-3-9(11(8)13)15-6-10-14-4-5-16(10)7-17/h1-3,7,15H,4-6H2. The average Bonchev–Trinajstić information content (AvgIpc) is 2.78. The van der Waals surface area contributed by atoms with Crippen molar-refractivity contribution in [2.45, 2.75) is 0 Å². The first-order valence-electron chi connectivity index (χ1n) is 5.15. The van der Waals surface area contributed by atoms with Gasteiger partial charge in [0, 0.05) is 6.54 Å². The lowest BCUT2D eigenvalue weighted by Crippen LogP contribution is -2.31. The van der Waals surface area contributed by atoms with Crippen LogP contribution in [0.1, 0.15) is 0 Å². The van der Waals surface area contributed by atoms with Gasteiger partial charge in [0.05, 0.1) is 28.8 Å². The Hall–Kier alpha value is -1.26. The Kier molecular flexibility index (Phi) is 3.86. The quantitative estimate of drug-likeness (QED) is 0.854. The summed E-state index contributed by atoms with van der Waals surface area (Å²) in [5.41, 5.74) is 0.736. The zero-order chi connectivity index (χ0) is 12.3. The van der Waals surface area contributed by atoms with Crippen molar-refractivity contribution in [3.63, 3.8) is 0 Å². The highest BCUT2D eigenvalue weighted by atomic mass is 35.5. The number of rotatable bonds is 4. The third kappa shape index (κ3) is 2.70. The summed E-state index contributed by atoms with van der Waals surface area (Å²) in [6.45, 7) is 1.75. The molecule has 0 fully saturated rings. The Labute approximate surface area is 109 Å². The maximum absolute atomic E-state index is 10.7. The van der Waals surface area contributed by atoms with Crippen molar-refractivity contribution in [3.8, 4) is 0 Å². The van der Waals surface area contributed by atoms with Crippen molar-refractivity contribution < 1.29 is 4.79 Å². The number of hydrogen-bond donors (Lipinski definition) is 1. The van der Waals surface area contributed by atoms with Gasteiger partial charge in [0.25, 0.3) is 0 Å². The van der Waals surface area contributed by atoms with E-state index in [1.54, 1.807) is 11.0 Å². The van der Waals surface area contributed by atoms with Gasteiger partial charge in [0.2, 0.25) is 6.41 Å². The molecule has 1 aliphatic rings. The van der Waals surface area contributed by atoms with E-state index in [4.69, 9.17) is 23.2 Å². The van der Waals surface area contributed by atoms with Crippen LogP contribution in [0.15, 0.2) is 23.2 Å². The Morgan fingerprint density at radius 2 is 2.29 bits per heavy atom. The molecule has 0 aromatic heterocycles. The molecule has 0 saturated heterocycles. The van der Waals surface area contributed by atoms with Crippen LogP contribution in [0.5, 0.6) is 0 Å². The lowest BCUT2D eigenvalue weighted by molar-refractivity contribution is -0.114. The molecule has 1 aromatic carbocycles. The summed E-state index contributed by atoms with van der Waals surface area (Å²) in [4.78, 5) is 16.5. The number of benzene rings is 1. The number of hydrogen-bond acceptors (Lipinski definition) is 3. The lowest BCUT2D eigenvalue weighted by Gasteiger charge is -2.14. The normalized spacial score (nSPS) is 14.7. The molecule has 1 amide bonds. The van der Waals surface area contributed by atoms with Crippen molar-refractivity contribution in [3.05, 3.63) is 28.2 Å². The molecule has 2 rings (SSSR count). The molecule has 1 N–H and O–H groups in total. The van der Waals surface area contributed by atoms with E-state index in [1.807, 2.05) is 12.1 Å². The minimum atomic E-state index is 0.457. The summed E-state index contributed by atoms with van der Waals surface area (Å²) in [5.74, 6) is 0.719. The SMILES string of the molecule is O=CN1CCN=C1CNc1cccc(Cl)c1Cl. The number of aliphatic imine (C=N–C) groups is 1. The molecule has 90 valence electrons. The van der Waals surface area contributed by atoms with Gasteiger partial charge < -0.3 is 5.32 Å². The summed E-state index contributed by atoms with van der Waals surface area (Å²) in [5, 5.41) is 4.09. The number of halogens is 2. The smallest absolute Gasteiger partial charge is 0.215 e. The minimum Gasteiger partial charge on any atom is -0.377 e. The largest absolute Gasteiger partial charge is 0.377 e. The van der Waals surface area contributed by atoms with E-state index in [0.29, 0.717) is 29.7 Å². The molecule has 0 spiro atoms. The van der Waals surface area contributed by atoms with E-state index in [0.717, 1.165) is 17.9 Å². The Morgan fingerprint density at radius 3 is 3.06 bits per heavy atom. The zero-order valence-corrected chi connectivity index (χ0v) is 10.5. The van der Waals surface area contributed by atoms with Gasteiger partial charge >= 0.3 is 0 Å². The monoisotopic (exact) mass is 271 g/mol. The summed E-state index contributed by atoms with van der Waals surface area (Å²) < 4.78 is 0. The van der Waals surface area contributed by atoms with Crippen molar-refractivity contribution in [2.24, 2.45) is 4.99 Å². The first-order chi connectivity index (χ1) is 8.22. The van der Waals surface area contributed by atoms with Crippen molar-refractivity contribution >= 4 is 41.1 Å². The highest BCUT2D eigenvalue weighted by Crippen LogP contribution is 2.29. The Balaban J connectivity index is 2.03. The second kappa shape index (κ2) is 5.38. The topological polar surface area (TPSA) is 44.7 Å². The number of amidine groups is 1. The van der Waals surface area contributed by atoms with Gasteiger partial charge in [-0.25, -0.2) is 0 Å². The van der Waals surface area contributed by atoms with Gasteiger partial charge in [0.15, 0.2) is 0 Å². The number of amides is 1. The fourth-order valence-electron chi connectivity index (χ4n) is 1.59. The first kappa shape index (κ1) is 12.2. The summed E-state index contributed by atoms with van der Waals surface area (Å²) in [6, 6.07) is 5.36. The molecule has 4 nitrogen and oxygen atoms in total. The van der Waals surface area contributed by atoms with Crippen molar-refractivity contribution in [1.29, 1.82) is 0 Å². The predicted molar refractivity (Wildman–Crippen MR) is 70.0 cm³/mol. The predicted octanol–water partition coefficient (Wildman–Crippen LogP) is 2.28. The molecule has 0 saturated carbocycles. The van der Waals surface area contributed by atoms with E-state index < -0.39 is 0 Å². The van der Waals surface area contributed by atoms with Gasteiger partial charge in [-0.15, -0.1) is 0 Å². The molecule has 0 aliphatic carbocycles. The highest BCUT2D eigenvalue weighted by molar-refractivity contribution is 6.43. The molecule has 6 heteroatoms. The maximum atomic E-state index is 10.7. The molecule has 1 aromatic rings. The van der Waals surface area contributed by atoms with Crippen LogP contribution >= 0.6 is 23.2 Å². The molecular weight excluding hydrogens is 261 g/mol. The number of carbonyl (C=O) groups is 1. The Morgan fingerprint density at radius 1 is 1.47 bits per heavy atom. The van der Waals surface area contributed by atoms with Crippen LogP contribution in [0.2, 0.25) is 10.0 Å². The second-order valence-electron chi connectivity index (χ2n) is 3.55. The van der Waals surface area contributed by atoms with Crippen LogP contribution in [-0.2, 0) is 4.79 Å². The van der Waals surface area contributed by atoms with E-state index in [1.165, 1.54) is 0 Å². The number of anilines is 1. The third-order valence-corrected chi connectivity index (χ3v) is 3.30.